The topological polar surface area (TPSA) is 63.9 Å². The Hall–Kier alpha value is 0.190. The molecule has 0 saturated carbocycles. The number of piperidine rings is 1. The van der Waals surface area contributed by atoms with Gasteiger partial charge in [0.25, 0.3) is 0 Å². The van der Waals surface area contributed by atoms with Gasteiger partial charge in [-0.05, 0) is 25.0 Å². The van der Waals surface area contributed by atoms with Crippen molar-refractivity contribution in [2.24, 2.45) is 0 Å². The van der Waals surface area contributed by atoms with Crippen LogP contribution in [0.3, 0.4) is 0 Å². The lowest BCUT2D eigenvalue weighted by atomic mass is 9.93. The molecular weight excluding hydrogens is 214 g/mol. The van der Waals surface area contributed by atoms with E-state index in [4.69, 9.17) is 0 Å². The van der Waals surface area contributed by atoms with Gasteiger partial charge in [0, 0.05) is 12.6 Å². The smallest absolute Gasteiger partial charge is 0.108 e. The standard InChI is InChI=1S/C10H21NO3S/c1-3-15-5-4-7-9(13)10(14)8(12)6-11(7)2/h7-10,12-14H,3-6H2,1-2H3. The number of aliphatic hydroxyl groups is 3. The Balaban J connectivity index is 2.46. The van der Waals surface area contributed by atoms with E-state index in [2.05, 4.69) is 6.92 Å². The van der Waals surface area contributed by atoms with Crippen molar-refractivity contribution in [2.75, 3.05) is 25.1 Å². The van der Waals surface area contributed by atoms with E-state index < -0.39 is 18.3 Å². The van der Waals surface area contributed by atoms with Gasteiger partial charge >= 0.3 is 0 Å². The van der Waals surface area contributed by atoms with Crippen LogP contribution in [0, 0.1) is 0 Å². The van der Waals surface area contributed by atoms with Gasteiger partial charge in [0.15, 0.2) is 0 Å². The Labute approximate surface area is 95.3 Å². The lowest BCUT2D eigenvalue weighted by molar-refractivity contribution is -0.131. The van der Waals surface area contributed by atoms with Crippen LogP contribution in [-0.2, 0) is 0 Å². The number of rotatable bonds is 4. The highest BCUT2D eigenvalue weighted by Gasteiger charge is 2.39. The number of nitrogens with zero attached hydrogens (tertiary/aromatic N) is 1. The molecule has 0 aromatic rings. The van der Waals surface area contributed by atoms with Crippen molar-refractivity contribution >= 4 is 11.8 Å². The molecule has 1 aliphatic heterocycles. The third-order valence-corrected chi connectivity index (χ3v) is 3.87. The summed E-state index contributed by atoms with van der Waals surface area (Å²) in [6, 6.07) is -0.0394. The molecule has 0 bridgehead atoms. The van der Waals surface area contributed by atoms with Crippen LogP contribution in [0.4, 0.5) is 0 Å². The molecule has 0 radical (unpaired) electrons. The molecule has 0 aromatic heterocycles. The molecule has 15 heavy (non-hydrogen) atoms. The maximum Gasteiger partial charge on any atom is 0.108 e. The first-order chi connectivity index (χ1) is 7.07. The zero-order valence-electron chi connectivity index (χ0n) is 9.33. The lowest BCUT2D eigenvalue weighted by Gasteiger charge is -2.42. The Kier molecular flexibility index (Phi) is 5.35. The Morgan fingerprint density at radius 2 is 1.93 bits per heavy atom. The van der Waals surface area contributed by atoms with Crippen molar-refractivity contribution in [1.29, 1.82) is 0 Å². The highest BCUT2D eigenvalue weighted by Crippen LogP contribution is 2.21. The first kappa shape index (κ1) is 13.3. The summed E-state index contributed by atoms with van der Waals surface area (Å²) in [5.74, 6) is 2.04. The number of likely N-dealkylation sites (N-methyl/N-ethyl adjacent to an activating group) is 1. The summed E-state index contributed by atoms with van der Waals surface area (Å²) >= 11 is 1.83. The molecule has 0 aromatic carbocycles. The zero-order valence-corrected chi connectivity index (χ0v) is 10.2. The van der Waals surface area contributed by atoms with Crippen molar-refractivity contribution in [1.82, 2.24) is 4.90 Å². The van der Waals surface area contributed by atoms with Gasteiger partial charge < -0.3 is 15.3 Å². The number of hydrogen-bond acceptors (Lipinski definition) is 5. The fourth-order valence-corrected chi connectivity index (χ4v) is 2.69. The molecule has 1 saturated heterocycles. The third-order valence-electron chi connectivity index (χ3n) is 2.94. The van der Waals surface area contributed by atoms with Gasteiger partial charge in [-0.25, -0.2) is 0 Å². The highest BCUT2D eigenvalue weighted by molar-refractivity contribution is 7.99. The van der Waals surface area contributed by atoms with E-state index >= 15 is 0 Å². The molecule has 3 N–H and O–H groups in total. The van der Waals surface area contributed by atoms with Crippen LogP contribution in [-0.4, -0.2) is 69.7 Å². The van der Waals surface area contributed by atoms with E-state index in [0.717, 1.165) is 17.9 Å². The zero-order chi connectivity index (χ0) is 11.4. The molecule has 90 valence electrons. The fourth-order valence-electron chi connectivity index (χ4n) is 1.99. The van der Waals surface area contributed by atoms with Crippen LogP contribution in [0.1, 0.15) is 13.3 Å². The molecule has 0 aliphatic carbocycles. The summed E-state index contributed by atoms with van der Waals surface area (Å²) < 4.78 is 0. The molecule has 4 unspecified atom stereocenters. The summed E-state index contributed by atoms with van der Waals surface area (Å²) in [5.41, 5.74) is 0. The van der Waals surface area contributed by atoms with Crippen LogP contribution in [0.5, 0.6) is 0 Å². The van der Waals surface area contributed by atoms with Gasteiger partial charge in [-0.15, -0.1) is 0 Å². The summed E-state index contributed by atoms with van der Waals surface area (Å²) in [4.78, 5) is 1.93. The van der Waals surface area contributed by atoms with Crippen molar-refractivity contribution in [3.63, 3.8) is 0 Å². The lowest BCUT2D eigenvalue weighted by Crippen LogP contribution is -2.60. The van der Waals surface area contributed by atoms with Crippen molar-refractivity contribution in [3.8, 4) is 0 Å². The molecule has 4 nitrogen and oxygen atoms in total. The molecule has 1 heterocycles. The summed E-state index contributed by atoms with van der Waals surface area (Å²) in [7, 11) is 1.87. The second-order valence-corrected chi connectivity index (χ2v) is 5.43. The van der Waals surface area contributed by atoms with Gasteiger partial charge in [-0.3, -0.25) is 4.90 Å². The number of hydrogen-bond donors (Lipinski definition) is 3. The predicted octanol–water partition coefficient (Wildman–Crippen LogP) is -0.474. The third kappa shape index (κ3) is 3.32. The van der Waals surface area contributed by atoms with Crippen molar-refractivity contribution in [2.45, 2.75) is 37.7 Å². The molecule has 1 fully saturated rings. The minimum atomic E-state index is -1.00. The fraction of sp³-hybridized carbons (Fsp3) is 1.00. The van der Waals surface area contributed by atoms with E-state index in [1.165, 1.54) is 0 Å². The first-order valence-electron chi connectivity index (χ1n) is 5.40. The Morgan fingerprint density at radius 3 is 2.53 bits per heavy atom. The molecule has 0 amide bonds. The molecule has 1 rings (SSSR count). The van der Waals surface area contributed by atoms with Crippen molar-refractivity contribution < 1.29 is 15.3 Å². The average molecular weight is 235 g/mol. The average Bonchev–Trinajstić information content (AvgIpc) is 2.20. The quantitative estimate of drug-likeness (QED) is 0.575. The highest BCUT2D eigenvalue weighted by atomic mass is 32.2. The normalized spacial score (nSPS) is 38.2. The SMILES string of the molecule is CCSCCC1C(O)C(O)C(O)CN1C. The molecule has 4 atom stereocenters. The molecule has 1 aliphatic rings. The number of likely N-dealkylation sites (tertiary alicyclic amines) is 1. The molecule has 5 heteroatoms. The minimum Gasteiger partial charge on any atom is -0.389 e. The van der Waals surface area contributed by atoms with Crippen LogP contribution in [0.2, 0.25) is 0 Å². The van der Waals surface area contributed by atoms with Gasteiger partial charge in [-0.1, -0.05) is 6.92 Å². The Morgan fingerprint density at radius 1 is 1.27 bits per heavy atom. The molecule has 0 spiro atoms. The van der Waals surface area contributed by atoms with Gasteiger partial charge in [0.05, 0.1) is 12.2 Å². The largest absolute Gasteiger partial charge is 0.389 e. The van der Waals surface area contributed by atoms with Crippen LogP contribution >= 0.6 is 11.8 Å². The van der Waals surface area contributed by atoms with Crippen LogP contribution in [0.15, 0.2) is 0 Å². The van der Waals surface area contributed by atoms with Gasteiger partial charge in [0.1, 0.15) is 6.10 Å². The number of β-amino-alcohol motifs (C(OH)–C–C–N with tert-alkyl or cyclic N) is 1. The van der Waals surface area contributed by atoms with E-state index in [1.807, 2.05) is 23.7 Å². The molecular formula is C10H21NO3S. The second-order valence-electron chi connectivity index (χ2n) is 4.04. The second kappa shape index (κ2) is 6.06. The van der Waals surface area contributed by atoms with Gasteiger partial charge in [0.2, 0.25) is 0 Å². The predicted molar refractivity (Wildman–Crippen MR) is 62.1 cm³/mol. The number of aliphatic hydroxyl groups excluding tert-OH is 3. The van der Waals surface area contributed by atoms with E-state index in [9.17, 15) is 15.3 Å². The first-order valence-corrected chi connectivity index (χ1v) is 6.55. The Bertz CT molecular complexity index is 194. The van der Waals surface area contributed by atoms with E-state index in [1.54, 1.807) is 0 Å². The minimum absolute atomic E-state index is 0.0394. The summed E-state index contributed by atoms with van der Waals surface area (Å²) in [6.45, 7) is 2.53. The van der Waals surface area contributed by atoms with Gasteiger partial charge in [-0.2, -0.15) is 11.8 Å². The van der Waals surface area contributed by atoms with E-state index in [0.29, 0.717) is 6.54 Å². The van der Waals surface area contributed by atoms with Crippen LogP contribution in [0.25, 0.3) is 0 Å². The number of thioether (sulfide) groups is 1. The van der Waals surface area contributed by atoms with Crippen LogP contribution < -0.4 is 0 Å². The summed E-state index contributed by atoms with van der Waals surface area (Å²) in [6.07, 6.45) is -1.82. The van der Waals surface area contributed by atoms with E-state index in [-0.39, 0.29) is 6.04 Å². The maximum absolute atomic E-state index is 9.82. The van der Waals surface area contributed by atoms with Crippen molar-refractivity contribution in [3.05, 3.63) is 0 Å². The summed E-state index contributed by atoms with van der Waals surface area (Å²) in [5, 5.41) is 28.8. The monoisotopic (exact) mass is 235 g/mol. The maximum atomic E-state index is 9.82.